The maximum atomic E-state index is 13.2. The molecular weight excluding hydrogens is 342 g/mol. The van der Waals surface area contributed by atoms with Crippen molar-refractivity contribution in [2.75, 3.05) is 20.3 Å². The quantitative estimate of drug-likeness (QED) is 0.682. The van der Waals surface area contributed by atoms with E-state index in [0.717, 1.165) is 41.8 Å². The Morgan fingerprint density at radius 2 is 1.88 bits per heavy atom. The lowest BCUT2D eigenvalue weighted by Crippen LogP contribution is -2.46. The second-order valence-corrected chi connectivity index (χ2v) is 13.8. The fourth-order valence-electron chi connectivity index (χ4n) is 3.23. The van der Waals surface area contributed by atoms with Crippen LogP contribution < -0.4 is 4.74 Å². The Bertz CT molecular complexity index is 664. The molecule has 5 heteroatoms. The van der Waals surface area contributed by atoms with Crippen molar-refractivity contribution in [1.82, 2.24) is 4.90 Å². The third-order valence-corrected chi connectivity index (χ3v) is 10.6. The normalized spacial score (nSPS) is 18.3. The molecule has 0 radical (unpaired) electrons. The number of nitrogens with zero attached hydrogens (tertiary/aromatic N) is 1. The number of hydrogen-bond acceptors (Lipinski definition) is 3. The van der Waals surface area contributed by atoms with Gasteiger partial charge in [0.1, 0.15) is 5.75 Å². The molecule has 0 unspecified atom stereocenters. The molecule has 146 valence electrons. The topological polar surface area (TPSA) is 38.8 Å². The van der Waals surface area contributed by atoms with Gasteiger partial charge >= 0.3 is 0 Å². The number of ether oxygens (including phenoxy) is 1. The minimum absolute atomic E-state index is 0.0992. The number of likely N-dealkylation sites (tertiary alicyclic amines) is 1. The molecule has 1 aromatic carbocycles. The first-order valence-corrected chi connectivity index (χ1v) is 12.5. The van der Waals surface area contributed by atoms with Gasteiger partial charge in [0, 0.05) is 12.1 Å². The minimum Gasteiger partial charge on any atom is -0.496 e. The monoisotopic (exact) mass is 377 g/mol. The largest absolute Gasteiger partial charge is 0.496 e. The van der Waals surface area contributed by atoms with Gasteiger partial charge in [-0.25, -0.2) is 0 Å². The summed E-state index contributed by atoms with van der Waals surface area (Å²) in [6.07, 6.45) is 2.06. The lowest BCUT2D eigenvalue weighted by Gasteiger charge is -2.38. The lowest BCUT2D eigenvalue weighted by atomic mass is 10.0. The van der Waals surface area contributed by atoms with Crippen LogP contribution >= 0.6 is 0 Å². The van der Waals surface area contributed by atoms with Gasteiger partial charge in [0.15, 0.2) is 8.32 Å². The van der Waals surface area contributed by atoms with Gasteiger partial charge in [-0.2, -0.15) is 0 Å². The molecule has 1 amide bonds. The number of amides is 1. The Morgan fingerprint density at radius 1 is 1.23 bits per heavy atom. The van der Waals surface area contributed by atoms with Gasteiger partial charge in [-0.1, -0.05) is 26.8 Å². The lowest BCUT2D eigenvalue weighted by molar-refractivity contribution is 0.0683. The molecule has 1 aromatic rings. The van der Waals surface area contributed by atoms with E-state index in [4.69, 9.17) is 9.16 Å². The summed E-state index contributed by atoms with van der Waals surface area (Å²) < 4.78 is 11.8. The predicted molar refractivity (Wildman–Crippen MR) is 110 cm³/mol. The number of carbonyl (C=O) groups is 1. The Hall–Kier alpha value is -1.33. The van der Waals surface area contributed by atoms with Gasteiger partial charge in [0.25, 0.3) is 5.91 Å². The number of benzene rings is 1. The molecule has 26 heavy (non-hydrogen) atoms. The second kappa shape index (κ2) is 7.73. The molecule has 1 saturated heterocycles. The molecule has 1 heterocycles. The van der Waals surface area contributed by atoms with Crippen molar-refractivity contribution in [3.8, 4) is 5.75 Å². The van der Waals surface area contributed by atoms with E-state index in [1.807, 2.05) is 30.9 Å². The zero-order chi connectivity index (χ0) is 19.7. The van der Waals surface area contributed by atoms with Crippen molar-refractivity contribution >= 4 is 14.2 Å². The van der Waals surface area contributed by atoms with Crippen LogP contribution in [-0.2, 0) is 4.43 Å². The highest BCUT2D eigenvalue weighted by Crippen LogP contribution is 2.37. The molecule has 0 bridgehead atoms. The van der Waals surface area contributed by atoms with E-state index in [-0.39, 0.29) is 17.0 Å². The van der Waals surface area contributed by atoms with Crippen molar-refractivity contribution < 1.29 is 14.0 Å². The number of methoxy groups -OCH3 is 1. The third-order valence-electron chi connectivity index (χ3n) is 6.05. The molecule has 1 aliphatic rings. The predicted octanol–water partition coefficient (Wildman–Crippen LogP) is 4.94. The zero-order valence-electron chi connectivity index (χ0n) is 17.7. The molecule has 0 N–H and O–H groups in total. The van der Waals surface area contributed by atoms with E-state index in [0.29, 0.717) is 6.61 Å². The van der Waals surface area contributed by atoms with Crippen molar-refractivity contribution in [2.24, 2.45) is 0 Å². The second-order valence-electron chi connectivity index (χ2n) is 9.00. The summed E-state index contributed by atoms with van der Waals surface area (Å²) in [5.41, 5.74) is 2.80. The summed E-state index contributed by atoms with van der Waals surface area (Å²) >= 11 is 0. The molecule has 2 rings (SSSR count). The highest BCUT2D eigenvalue weighted by molar-refractivity contribution is 6.74. The van der Waals surface area contributed by atoms with Gasteiger partial charge in [0.2, 0.25) is 0 Å². The summed E-state index contributed by atoms with van der Waals surface area (Å²) in [5.74, 6) is 0.870. The van der Waals surface area contributed by atoms with Crippen LogP contribution in [0, 0.1) is 13.8 Å². The first-order valence-electron chi connectivity index (χ1n) is 9.58. The molecular formula is C21H35NO3Si. The summed E-state index contributed by atoms with van der Waals surface area (Å²) in [5, 5.41) is 0.182. The first kappa shape index (κ1) is 21.0. The molecule has 0 spiro atoms. The zero-order valence-corrected chi connectivity index (χ0v) is 18.7. The van der Waals surface area contributed by atoms with Crippen LogP contribution in [-0.4, -0.2) is 45.4 Å². The van der Waals surface area contributed by atoms with Gasteiger partial charge in [-0.15, -0.1) is 0 Å². The molecule has 0 aliphatic carbocycles. The molecule has 1 atom stereocenters. The molecule has 0 aromatic heterocycles. The molecule has 4 nitrogen and oxygen atoms in total. The van der Waals surface area contributed by atoms with Gasteiger partial charge in [-0.05, 0) is 62.0 Å². The Morgan fingerprint density at radius 3 is 2.46 bits per heavy atom. The fraction of sp³-hybridized carbons (Fsp3) is 0.667. The highest BCUT2D eigenvalue weighted by Gasteiger charge is 2.39. The average Bonchev–Trinajstić information content (AvgIpc) is 3.00. The number of hydrogen-bond donors (Lipinski definition) is 0. The van der Waals surface area contributed by atoms with Crippen molar-refractivity contribution in [1.29, 1.82) is 0 Å². The van der Waals surface area contributed by atoms with Crippen molar-refractivity contribution in [3.63, 3.8) is 0 Å². The average molecular weight is 378 g/mol. The van der Waals surface area contributed by atoms with Crippen molar-refractivity contribution in [3.05, 3.63) is 28.8 Å². The Kier molecular flexibility index (Phi) is 6.23. The van der Waals surface area contributed by atoms with E-state index in [2.05, 4.69) is 33.9 Å². The SMILES string of the molecule is COc1cc(C(=O)N2CCC[C@H]2CO[Si](C)(C)C(C)(C)C)c(C)cc1C. The molecule has 1 aliphatic heterocycles. The van der Waals surface area contributed by atoms with Gasteiger partial charge in [0.05, 0.1) is 19.8 Å². The summed E-state index contributed by atoms with van der Waals surface area (Å²) in [6.45, 7) is 16.7. The third kappa shape index (κ3) is 4.31. The van der Waals surface area contributed by atoms with E-state index >= 15 is 0 Å². The van der Waals surface area contributed by atoms with Crippen LogP contribution in [0.5, 0.6) is 5.75 Å². The van der Waals surface area contributed by atoms with Crippen LogP contribution in [0.4, 0.5) is 0 Å². The first-order chi connectivity index (χ1) is 12.0. The highest BCUT2D eigenvalue weighted by atomic mass is 28.4. The van der Waals surface area contributed by atoms with E-state index in [1.165, 1.54) is 0 Å². The Labute approximate surface area is 160 Å². The number of aryl methyl sites for hydroxylation is 2. The van der Waals surface area contributed by atoms with Gasteiger partial charge in [-0.3, -0.25) is 4.79 Å². The number of rotatable bonds is 5. The standard InChI is InChI=1S/C21H35NO3Si/c1-15-12-16(2)19(24-6)13-18(15)20(23)22-11-9-10-17(22)14-25-26(7,8)21(3,4)5/h12-13,17H,9-11,14H2,1-8H3/t17-/m0/s1. The number of carbonyl (C=O) groups excluding carboxylic acids is 1. The van der Waals surface area contributed by atoms with Crippen LogP contribution in [0.2, 0.25) is 18.1 Å². The smallest absolute Gasteiger partial charge is 0.254 e. The molecule has 0 saturated carbocycles. The van der Waals surface area contributed by atoms with Crippen LogP contribution in [0.25, 0.3) is 0 Å². The summed E-state index contributed by atoms with van der Waals surface area (Å²) in [4.78, 5) is 15.2. The summed E-state index contributed by atoms with van der Waals surface area (Å²) in [7, 11) is -0.157. The van der Waals surface area contributed by atoms with Crippen LogP contribution in [0.3, 0.4) is 0 Å². The minimum atomic E-state index is -1.81. The van der Waals surface area contributed by atoms with Gasteiger partial charge < -0.3 is 14.1 Å². The van der Waals surface area contributed by atoms with Crippen LogP contribution in [0.15, 0.2) is 12.1 Å². The maximum Gasteiger partial charge on any atom is 0.254 e. The fourth-order valence-corrected chi connectivity index (χ4v) is 4.28. The summed E-state index contributed by atoms with van der Waals surface area (Å²) in [6, 6.07) is 4.09. The van der Waals surface area contributed by atoms with Crippen molar-refractivity contribution in [2.45, 2.75) is 71.6 Å². The van der Waals surface area contributed by atoms with E-state index in [9.17, 15) is 4.79 Å². The maximum absolute atomic E-state index is 13.2. The Balaban J connectivity index is 2.16. The van der Waals surface area contributed by atoms with Crippen LogP contribution in [0.1, 0.15) is 55.1 Å². The van der Waals surface area contributed by atoms with E-state index < -0.39 is 8.32 Å². The van der Waals surface area contributed by atoms with E-state index in [1.54, 1.807) is 7.11 Å². The molecule has 1 fully saturated rings.